The third-order valence-electron chi connectivity index (χ3n) is 3.99. The molecule has 0 saturated heterocycles. The van der Waals surface area contributed by atoms with E-state index in [2.05, 4.69) is 10.3 Å². The number of sulfone groups is 1. The molecule has 0 spiro atoms. The number of ether oxygens (including phenoxy) is 1. The Balaban J connectivity index is 1.89. The van der Waals surface area contributed by atoms with Crippen molar-refractivity contribution < 1.29 is 17.9 Å². The van der Waals surface area contributed by atoms with Crippen LogP contribution < -0.4 is 10.1 Å². The SMILES string of the molecule is COc1cc(CNC(=O)c2nc(S(C)(=O)=O)n3ccccc23)ccc1C. The topological polar surface area (TPSA) is 89.8 Å². The summed E-state index contributed by atoms with van der Waals surface area (Å²) in [6.07, 6.45) is 2.63. The minimum absolute atomic E-state index is 0.0742. The van der Waals surface area contributed by atoms with Gasteiger partial charge in [-0.05, 0) is 36.2 Å². The summed E-state index contributed by atoms with van der Waals surface area (Å²) in [5.74, 6) is 0.298. The van der Waals surface area contributed by atoms with Crippen molar-refractivity contribution in [1.29, 1.82) is 0 Å². The van der Waals surface area contributed by atoms with E-state index < -0.39 is 15.7 Å². The van der Waals surface area contributed by atoms with Gasteiger partial charge in [0, 0.05) is 19.0 Å². The molecular formula is C18H19N3O4S. The van der Waals surface area contributed by atoms with E-state index in [1.807, 2.05) is 25.1 Å². The molecule has 0 aliphatic rings. The molecule has 0 bridgehead atoms. The summed E-state index contributed by atoms with van der Waals surface area (Å²) in [7, 11) is -1.98. The summed E-state index contributed by atoms with van der Waals surface area (Å²) in [6, 6.07) is 10.7. The smallest absolute Gasteiger partial charge is 0.272 e. The Morgan fingerprint density at radius 3 is 2.73 bits per heavy atom. The molecule has 8 heteroatoms. The molecule has 3 rings (SSSR count). The number of carbonyl (C=O) groups is 1. The molecule has 26 heavy (non-hydrogen) atoms. The van der Waals surface area contributed by atoms with Gasteiger partial charge in [0.2, 0.25) is 15.0 Å². The molecule has 0 fully saturated rings. The Labute approximate surface area is 151 Å². The normalized spacial score (nSPS) is 11.5. The van der Waals surface area contributed by atoms with Gasteiger partial charge in [0.15, 0.2) is 5.69 Å². The highest BCUT2D eigenvalue weighted by molar-refractivity contribution is 7.90. The van der Waals surface area contributed by atoms with Gasteiger partial charge in [-0.3, -0.25) is 9.20 Å². The van der Waals surface area contributed by atoms with Gasteiger partial charge in [0.05, 0.1) is 12.6 Å². The first kappa shape index (κ1) is 17.9. The summed E-state index contributed by atoms with van der Waals surface area (Å²) in [6.45, 7) is 2.21. The summed E-state index contributed by atoms with van der Waals surface area (Å²) in [4.78, 5) is 16.6. The van der Waals surface area contributed by atoms with Crippen LogP contribution in [0.3, 0.4) is 0 Å². The zero-order valence-corrected chi connectivity index (χ0v) is 15.5. The molecule has 1 N–H and O–H groups in total. The van der Waals surface area contributed by atoms with Gasteiger partial charge in [-0.2, -0.15) is 0 Å². The van der Waals surface area contributed by atoms with Gasteiger partial charge in [-0.1, -0.05) is 18.2 Å². The van der Waals surface area contributed by atoms with Gasteiger partial charge in [-0.25, -0.2) is 13.4 Å². The number of aryl methyl sites for hydroxylation is 1. The minimum Gasteiger partial charge on any atom is -0.496 e. The van der Waals surface area contributed by atoms with Crippen molar-refractivity contribution in [2.75, 3.05) is 13.4 Å². The number of pyridine rings is 1. The highest BCUT2D eigenvalue weighted by Gasteiger charge is 2.22. The molecular weight excluding hydrogens is 354 g/mol. The van der Waals surface area contributed by atoms with Crippen LogP contribution in [0, 0.1) is 6.92 Å². The molecule has 7 nitrogen and oxygen atoms in total. The van der Waals surface area contributed by atoms with Crippen molar-refractivity contribution in [3.8, 4) is 5.75 Å². The van der Waals surface area contributed by atoms with Crippen molar-refractivity contribution >= 4 is 21.3 Å². The number of fused-ring (bicyclic) bond motifs is 1. The highest BCUT2D eigenvalue weighted by atomic mass is 32.2. The Morgan fingerprint density at radius 2 is 2.04 bits per heavy atom. The predicted octanol–water partition coefficient (Wildman–Crippen LogP) is 1.98. The first-order valence-corrected chi connectivity index (χ1v) is 9.79. The maximum atomic E-state index is 12.6. The largest absolute Gasteiger partial charge is 0.496 e. The van der Waals surface area contributed by atoms with E-state index >= 15 is 0 Å². The summed E-state index contributed by atoms with van der Waals surface area (Å²) in [5, 5.41) is 2.62. The lowest BCUT2D eigenvalue weighted by Gasteiger charge is -2.08. The zero-order valence-electron chi connectivity index (χ0n) is 14.7. The molecule has 0 saturated carbocycles. The fraction of sp³-hybridized carbons (Fsp3) is 0.222. The van der Waals surface area contributed by atoms with E-state index in [1.165, 1.54) is 4.40 Å². The van der Waals surface area contributed by atoms with Gasteiger partial charge in [0.25, 0.3) is 5.91 Å². The Hall–Kier alpha value is -2.87. The lowest BCUT2D eigenvalue weighted by atomic mass is 10.1. The molecule has 0 radical (unpaired) electrons. The second kappa shape index (κ2) is 6.80. The monoisotopic (exact) mass is 373 g/mol. The molecule has 0 unspecified atom stereocenters. The maximum Gasteiger partial charge on any atom is 0.272 e. The zero-order chi connectivity index (χ0) is 18.9. The van der Waals surface area contributed by atoms with Crippen LogP contribution in [-0.4, -0.2) is 37.1 Å². The molecule has 0 atom stereocenters. The summed E-state index contributed by atoms with van der Waals surface area (Å²) in [5.41, 5.74) is 2.38. The number of benzene rings is 1. The average molecular weight is 373 g/mol. The number of nitrogens with one attached hydrogen (secondary N) is 1. The number of hydrogen-bond acceptors (Lipinski definition) is 5. The predicted molar refractivity (Wildman–Crippen MR) is 97.2 cm³/mol. The van der Waals surface area contributed by atoms with Crippen LogP contribution in [0.4, 0.5) is 0 Å². The second-order valence-corrected chi connectivity index (χ2v) is 7.87. The van der Waals surface area contributed by atoms with Gasteiger partial charge in [-0.15, -0.1) is 0 Å². The maximum absolute atomic E-state index is 12.6. The fourth-order valence-electron chi connectivity index (χ4n) is 2.68. The van der Waals surface area contributed by atoms with E-state index in [0.717, 1.165) is 23.1 Å². The third-order valence-corrected chi connectivity index (χ3v) is 4.94. The van der Waals surface area contributed by atoms with E-state index in [-0.39, 0.29) is 17.4 Å². The lowest BCUT2D eigenvalue weighted by molar-refractivity contribution is 0.0947. The fourth-order valence-corrected chi connectivity index (χ4v) is 3.45. The second-order valence-electron chi connectivity index (χ2n) is 5.96. The first-order chi connectivity index (χ1) is 12.3. The Bertz CT molecular complexity index is 1090. The van der Waals surface area contributed by atoms with Crippen LogP contribution >= 0.6 is 0 Å². The van der Waals surface area contributed by atoms with Crippen LogP contribution in [0.15, 0.2) is 47.8 Å². The quantitative estimate of drug-likeness (QED) is 0.739. The number of imidazole rings is 1. The standard InChI is InChI=1S/C18H19N3O4S/c1-12-7-8-13(10-15(12)25-2)11-19-17(22)16-14-6-4-5-9-21(14)18(20-16)26(3,23)24/h4-10H,11H2,1-3H3,(H,19,22). The number of nitrogens with zero attached hydrogens (tertiary/aromatic N) is 2. The minimum atomic E-state index is -3.57. The average Bonchev–Trinajstić information content (AvgIpc) is 3.01. The van der Waals surface area contributed by atoms with Gasteiger partial charge >= 0.3 is 0 Å². The molecule has 3 aromatic rings. The number of aromatic nitrogens is 2. The number of carbonyl (C=O) groups excluding carboxylic acids is 1. The van der Waals surface area contributed by atoms with Crippen molar-refractivity contribution in [3.05, 3.63) is 59.4 Å². The molecule has 1 aromatic carbocycles. The van der Waals surface area contributed by atoms with Crippen LogP contribution in [0.25, 0.3) is 5.52 Å². The van der Waals surface area contributed by atoms with Crippen LogP contribution in [0.2, 0.25) is 0 Å². The summed E-state index contributed by atoms with van der Waals surface area (Å²) < 4.78 is 30.6. The van der Waals surface area contributed by atoms with Gasteiger partial charge < -0.3 is 10.1 Å². The summed E-state index contributed by atoms with van der Waals surface area (Å²) >= 11 is 0. The van der Waals surface area contributed by atoms with E-state index in [0.29, 0.717) is 5.52 Å². The van der Waals surface area contributed by atoms with Crippen molar-refractivity contribution in [2.45, 2.75) is 18.6 Å². The third kappa shape index (κ3) is 3.41. The molecule has 0 aliphatic heterocycles. The van der Waals surface area contributed by atoms with Crippen LogP contribution in [0.1, 0.15) is 21.6 Å². The number of methoxy groups -OCH3 is 1. The molecule has 2 aromatic heterocycles. The number of rotatable bonds is 5. The molecule has 1 amide bonds. The van der Waals surface area contributed by atoms with Crippen LogP contribution in [-0.2, 0) is 16.4 Å². The Kier molecular flexibility index (Phi) is 4.69. The highest BCUT2D eigenvalue weighted by Crippen LogP contribution is 2.20. The Morgan fingerprint density at radius 1 is 1.27 bits per heavy atom. The van der Waals surface area contributed by atoms with Crippen LogP contribution in [0.5, 0.6) is 5.75 Å². The number of amides is 1. The lowest BCUT2D eigenvalue weighted by Crippen LogP contribution is -2.23. The van der Waals surface area contributed by atoms with Gasteiger partial charge in [0.1, 0.15) is 5.75 Å². The van der Waals surface area contributed by atoms with Crippen molar-refractivity contribution in [1.82, 2.24) is 14.7 Å². The first-order valence-electron chi connectivity index (χ1n) is 7.90. The molecule has 2 heterocycles. The van der Waals surface area contributed by atoms with E-state index in [1.54, 1.807) is 31.5 Å². The van der Waals surface area contributed by atoms with Crippen molar-refractivity contribution in [3.63, 3.8) is 0 Å². The number of hydrogen-bond donors (Lipinski definition) is 1. The molecule has 136 valence electrons. The molecule has 0 aliphatic carbocycles. The van der Waals surface area contributed by atoms with E-state index in [9.17, 15) is 13.2 Å². The van der Waals surface area contributed by atoms with Crippen molar-refractivity contribution in [2.24, 2.45) is 0 Å². The van der Waals surface area contributed by atoms with E-state index in [4.69, 9.17) is 4.74 Å².